The van der Waals surface area contributed by atoms with Crippen LogP contribution in [0.15, 0.2) is 25.3 Å². The van der Waals surface area contributed by atoms with Crippen molar-refractivity contribution in [2.45, 2.75) is 49.1 Å². The summed E-state index contributed by atoms with van der Waals surface area (Å²) in [5.41, 5.74) is 12.0. The molecule has 0 spiro atoms. The largest absolute Gasteiger partial charge is 0.481 e. The number of nitrogens with two attached hydrogens (primary N) is 2. The van der Waals surface area contributed by atoms with E-state index >= 15 is 0 Å². The molecule has 6 rings (SSSR count). The lowest BCUT2D eigenvalue weighted by molar-refractivity contribution is -0.0613. The van der Waals surface area contributed by atoms with E-state index in [2.05, 4.69) is 38.7 Å². The number of fused-ring (bicyclic) bond motifs is 2. The zero-order valence-electron chi connectivity index (χ0n) is 24.2. The van der Waals surface area contributed by atoms with Crippen molar-refractivity contribution in [3.05, 3.63) is 25.3 Å². The van der Waals surface area contributed by atoms with Gasteiger partial charge in [0, 0.05) is 0 Å². The standard InChI is InChI=1S/C20H27N10O16P3/c21-15-9-17(25-3-23-15)29(5-27-9)19-13(33)11(31)7(43-19)1-41-48(37,38)45-14-12(32)8(2-42-49(39,40)46-47(34,35)36)44-20(14)30-6-28-10-16(22)24-4-26-18(10)30/h3-8,11-14,19-20,31-33H,1-2H2,(H,37,38)(H,39,40)(H2,21,23,25)(H2,22,24,26)(H2,34,35,36)/t7-,8-,11-,12-,13-,14-,19-,20-/m1/s1. The molecular formula is C20H27N10O16P3. The van der Waals surface area contributed by atoms with Crippen LogP contribution in [-0.4, -0.2) is 124 Å². The average Bonchev–Trinajstić information content (AvgIpc) is 3.76. The van der Waals surface area contributed by atoms with Gasteiger partial charge in [-0.25, -0.2) is 43.6 Å². The summed E-state index contributed by atoms with van der Waals surface area (Å²) in [5.74, 6) is -0.0264. The summed E-state index contributed by atoms with van der Waals surface area (Å²) >= 11 is 0. The van der Waals surface area contributed by atoms with Gasteiger partial charge < -0.3 is 55.8 Å². The predicted molar refractivity (Wildman–Crippen MR) is 155 cm³/mol. The van der Waals surface area contributed by atoms with Crippen LogP contribution in [-0.2, 0) is 41.1 Å². The Bertz CT molecular complexity index is 1990. The van der Waals surface area contributed by atoms with E-state index in [-0.39, 0.29) is 34.0 Å². The number of imidazole rings is 2. The summed E-state index contributed by atoms with van der Waals surface area (Å²) in [6.45, 7) is -1.91. The summed E-state index contributed by atoms with van der Waals surface area (Å²) in [6.07, 6.45) is -8.56. The minimum Gasteiger partial charge on any atom is -0.387 e. The fraction of sp³-hybridized carbons (Fsp3) is 0.500. The average molecular weight is 756 g/mol. The molecule has 2 aliphatic heterocycles. The van der Waals surface area contributed by atoms with Crippen LogP contribution < -0.4 is 11.5 Å². The lowest BCUT2D eigenvalue weighted by Gasteiger charge is -2.25. The second-order valence-corrected chi connectivity index (χ2v) is 14.7. The van der Waals surface area contributed by atoms with Crippen LogP contribution in [0.2, 0.25) is 0 Å². The summed E-state index contributed by atoms with van der Waals surface area (Å²) in [4.78, 5) is 61.8. The number of phosphoric acid groups is 3. The van der Waals surface area contributed by atoms with Gasteiger partial charge in [-0.05, 0) is 0 Å². The van der Waals surface area contributed by atoms with E-state index in [9.17, 15) is 38.8 Å². The molecule has 29 heteroatoms. The molecule has 6 heterocycles. The van der Waals surface area contributed by atoms with E-state index in [1.165, 1.54) is 10.9 Å². The number of aliphatic hydroxyl groups is 3. The molecule has 0 aromatic carbocycles. The van der Waals surface area contributed by atoms with Crippen LogP contribution >= 0.6 is 23.5 Å². The first-order valence-corrected chi connectivity index (χ1v) is 18.1. The Morgan fingerprint density at radius 2 is 1.18 bits per heavy atom. The zero-order chi connectivity index (χ0) is 35.5. The maximum Gasteiger partial charge on any atom is 0.481 e. The smallest absolute Gasteiger partial charge is 0.387 e. The lowest BCUT2D eigenvalue weighted by Crippen LogP contribution is -2.36. The fourth-order valence-corrected chi connectivity index (χ4v) is 7.61. The lowest BCUT2D eigenvalue weighted by atomic mass is 10.1. The SMILES string of the molecule is Nc1ncnc2c1ncn2[C@@H]1O[C@H](COP(=O)(O)O[C@@H]2[C@H](O)[C@@H](COP(=O)(O)OP(=O)(O)O)O[C@H]2n2cnc3c(N)ncnc32)[C@@H](O)[C@H]1O. The molecule has 0 radical (unpaired) electrons. The number of aromatic nitrogens is 8. The Morgan fingerprint density at radius 3 is 1.73 bits per heavy atom. The number of anilines is 2. The van der Waals surface area contributed by atoms with Gasteiger partial charge in [-0.2, -0.15) is 4.31 Å². The molecular weight excluding hydrogens is 729 g/mol. The van der Waals surface area contributed by atoms with Crippen LogP contribution in [0.3, 0.4) is 0 Å². The molecule has 10 atom stereocenters. The first kappa shape index (κ1) is 35.7. The third-order valence-electron chi connectivity index (χ3n) is 7.24. The van der Waals surface area contributed by atoms with Crippen molar-refractivity contribution < 1.29 is 75.9 Å². The third kappa shape index (κ3) is 7.36. The predicted octanol–water partition coefficient (Wildman–Crippen LogP) is -2.56. The number of hydrogen-bond acceptors (Lipinski definition) is 20. The Kier molecular flexibility index (Phi) is 9.62. The maximum absolute atomic E-state index is 13.2. The highest BCUT2D eigenvalue weighted by Gasteiger charge is 2.51. The highest BCUT2D eigenvalue weighted by molar-refractivity contribution is 7.60. The summed E-state index contributed by atoms with van der Waals surface area (Å²) in [5, 5.41) is 32.3. The van der Waals surface area contributed by atoms with E-state index < -0.39 is 85.8 Å². The topological polar surface area (TPSA) is 387 Å². The molecule has 0 bridgehead atoms. The van der Waals surface area contributed by atoms with Crippen molar-refractivity contribution in [1.29, 1.82) is 0 Å². The van der Waals surface area contributed by atoms with Crippen LogP contribution in [0.25, 0.3) is 22.3 Å². The Morgan fingerprint density at radius 1 is 0.694 bits per heavy atom. The second-order valence-electron chi connectivity index (χ2n) is 10.4. The second kappa shape index (κ2) is 13.2. The van der Waals surface area contributed by atoms with Crippen molar-refractivity contribution in [3.63, 3.8) is 0 Å². The van der Waals surface area contributed by atoms with Crippen molar-refractivity contribution in [1.82, 2.24) is 39.0 Å². The van der Waals surface area contributed by atoms with Gasteiger partial charge in [0.2, 0.25) is 0 Å². The number of phosphoric ester groups is 2. The van der Waals surface area contributed by atoms with Crippen LogP contribution in [0.1, 0.15) is 12.5 Å². The van der Waals surface area contributed by atoms with Gasteiger partial charge in [0.15, 0.2) is 35.4 Å². The molecule has 0 amide bonds. The summed E-state index contributed by atoms with van der Waals surface area (Å²) in [7, 11) is -16.2. The molecule has 268 valence electrons. The molecule has 2 saturated heterocycles. The molecule has 2 aliphatic rings. The molecule has 49 heavy (non-hydrogen) atoms. The van der Waals surface area contributed by atoms with Gasteiger partial charge in [-0.15, -0.1) is 0 Å². The van der Waals surface area contributed by atoms with Crippen molar-refractivity contribution in [2.24, 2.45) is 0 Å². The quantitative estimate of drug-likeness (QED) is 0.0671. The Hall–Kier alpha value is -3.13. The Labute approximate surface area is 271 Å². The van der Waals surface area contributed by atoms with Crippen molar-refractivity contribution in [2.75, 3.05) is 24.7 Å². The monoisotopic (exact) mass is 756 g/mol. The van der Waals surface area contributed by atoms with Gasteiger partial charge >= 0.3 is 23.5 Å². The van der Waals surface area contributed by atoms with E-state index in [0.717, 1.165) is 23.5 Å². The van der Waals surface area contributed by atoms with Gasteiger partial charge in [0.1, 0.15) is 60.3 Å². The van der Waals surface area contributed by atoms with Gasteiger partial charge in [0.25, 0.3) is 0 Å². The highest BCUT2D eigenvalue weighted by atomic mass is 31.3. The third-order valence-corrected chi connectivity index (χ3v) is 10.4. The van der Waals surface area contributed by atoms with Crippen LogP contribution in [0, 0.1) is 0 Å². The maximum atomic E-state index is 13.2. The molecule has 0 saturated carbocycles. The number of aliphatic hydroxyl groups excluding tert-OH is 3. The molecule has 11 N–H and O–H groups in total. The molecule has 0 aliphatic carbocycles. The first-order valence-electron chi connectivity index (χ1n) is 13.6. The minimum atomic E-state index is -5.49. The van der Waals surface area contributed by atoms with E-state index in [0.29, 0.717) is 0 Å². The van der Waals surface area contributed by atoms with E-state index in [1.807, 2.05) is 0 Å². The number of rotatable bonds is 12. The molecule has 2 unspecified atom stereocenters. The van der Waals surface area contributed by atoms with Gasteiger partial charge in [0.05, 0.1) is 25.9 Å². The molecule has 4 aromatic heterocycles. The van der Waals surface area contributed by atoms with Gasteiger partial charge in [-0.1, -0.05) is 0 Å². The highest BCUT2D eigenvalue weighted by Crippen LogP contribution is 2.58. The first-order chi connectivity index (χ1) is 22.9. The molecule has 2 fully saturated rings. The molecule has 26 nitrogen and oxygen atoms in total. The minimum absolute atomic E-state index is 0.00668. The Balaban J connectivity index is 1.19. The fourth-order valence-electron chi connectivity index (χ4n) is 5.08. The van der Waals surface area contributed by atoms with Crippen molar-refractivity contribution >= 4 is 57.4 Å². The van der Waals surface area contributed by atoms with Crippen molar-refractivity contribution in [3.8, 4) is 0 Å². The van der Waals surface area contributed by atoms with Gasteiger partial charge in [-0.3, -0.25) is 22.7 Å². The molecule has 4 aromatic rings. The van der Waals surface area contributed by atoms with E-state index in [4.69, 9.17) is 39.8 Å². The zero-order valence-corrected chi connectivity index (χ0v) is 26.9. The normalized spacial score (nSPS) is 30.2. The number of hydrogen-bond donors (Lipinski definition) is 9. The number of nitrogen functional groups attached to an aromatic ring is 2. The summed E-state index contributed by atoms with van der Waals surface area (Å²) in [6, 6.07) is 0. The van der Waals surface area contributed by atoms with E-state index in [1.54, 1.807) is 0 Å². The number of ether oxygens (including phenoxy) is 2. The number of nitrogens with zero attached hydrogens (tertiary/aromatic N) is 8. The van der Waals surface area contributed by atoms with Crippen LogP contribution in [0.5, 0.6) is 0 Å². The summed E-state index contributed by atoms with van der Waals surface area (Å²) < 4.78 is 68.5. The van der Waals surface area contributed by atoms with Crippen LogP contribution in [0.4, 0.5) is 11.6 Å².